The molecule has 0 aromatic heterocycles. The molecule has 3 nitrogen and oxygen atoms in total. The molecule has 2 heterocycles. The van der Waals surface area contributed by atoms with Crippen molar-refractivity contribution in [2.75, 3.05) is 6.61 Å². The lowest BCUT2D eigenvalue weighted by Crippen LogP contribution is -2.28. The first kappa shape index (κ1) is 16.3. The predicted octanol–water partition coefficient (Wildman–Crippen LogP) is 4.77. The first-order valence-corrected chi connectivity index (χ1v) is 9.05. The largest absolute Gasteiger partial charge is 0.477 e. The number of hydrogen-bond acceptors (Lipinski definition) is 3. The molecule has 130 valence electrons. The highest BCUT2D eigenvalue weighted by Gasteiger charge is 2.67. The summed E-state index contributed by atoms with van der Waals surface area (Å²) in [7, 11) is 0. The van der Waals surface area contributed by atoms with Gasteiger partial charge in [0, 0.05) is 6.04 Å². The molecule has 1 unspecified atom stereocenters. The summed E-state index contributed by atoms with van der Waals surface area (Å²) in [6, 6.07) is 22.0. The van der Waals surface area contributed by atoms with Gasteiger partial charge in [0.15, 0.2) is 0 Å². The van der Waals surface area contributed by atoms with Crippen LogP contribution in [0.2, 0.25) is 0 Å². The van der Waals surface area contributed by atoms with Crippen molar-refractivity contribution in [3.63, 3.8) is 0 Å². The van der Waals surface area contributed by atoms with E-state index >= 15 is 0 Å². The fourth-order valence-corrected chi connectivity index (χ4v) is 4.12. The molecule has 0 bridgehead atoms. The maximum atomic E-state index is 6.07. The number of ether oxygens (including phenoxy) is 1. The summed E-state index contributed by atoms with van der Waals surface area (Å²) in [5.41, 5.74) is 2.32. The number of rotatable bonds is 4. The van der Waals surface area contributed by atoms with Crippen molar-refractivity contribution in [1.29, 1.82) is 0 Å². The Kier molecular flexibility index (Phi) is 3.73. The maximum absolute atomic E-state index is 6.07. The average Bonchev–Trinajstić information content (AvgIpc) is 3.09. The van der Waals surface area contributed by atoms with Crippen LogP contribution < -0.4 is 0 Å². The normalized spacial score (nSPS) is 31.1. The van der Waals surface area contributed by atoms with Crippen molar-refractivity contribution < 1.29 is 4.74 Å². The Bertz CT molecular complexity index is 784. The minimum absolute atomic E-state index is 0.135. The molecular formula is C22H26N2O. The summed E-state index contributed by atoms with van der Waals surface area (Å²) in [6.07, 6.45) is 0. The molecule has 4 rings (SSSR count). The molecule has 3 heteroatoms. The SMILES string of the molecule is C[C@@H](c1ccccc1)N1[C@@H](c2ccccc2)[C@]1(C)C1=NC(C)(C)CO1. The van der Waals surface area contributed by atoms with Gasteiger partial charge in [0.05, 0.1) is 11.6 Å². The van der Waals surface area contributed by atoms with Gasteiger partial charge in [0.25, 0.3) is 0 Å². The van der Waals surface area contributed by atoms with Crippen molar-refractivity contribution in [3.05, 3.63) is 71.8 Å². The molecule has 1 fully saturated rings. The highest BCUT2D eigenvalue weighted by atomic mass is 16.5. The monoisotopic (exact) mass is 334 g/mol. The summed E-state index contributed by atoms with van der Waals surface area (Å²) >= 11 is 0. The first-order chi connectivity index (χ1) is 11.9. The van der Waals surface area contributed by atoms with E-state index < -0.39 is 0 Å². The Morgan fingerprint density at radius 1 is 1.00 bits per heavy atom. The van der Waals surface area contributed by atoms with Crippen LogP contribution in [0.4, 0.5) is 0 Å². The van der Waals surface area contributed by atoms with E-state index in [0.717, 1.165) is 5.90 Å². The van der Waals surface area contributed by atoms with E-state index in [0.29, 0.717) is 12.6 Å². The van der Waals surface area contributed by atoms with Gasteiger partial charge in [-0.25, -0.2) is 4.99 Å². The Labute approximate surface area is 150 Å². The van der Waals surface area contributed by atoms with Gasteiger partial charge in [0.2, 0.25) is 5.90 Å². The van der Waals surface area contributed by atoms with Crippen molar-refractivity contribution >= 4 is 5.90 Å². The third-order valence-electron chi connectivity index (χ3n) is 5.49. The molecule has 2 aromatic carbocycles. The lowest BCUT2D eigenvalue weighted by Gasteiger charge is -2.18. The Balaban J connectivity index is 1.73. The molecule has 2 aliphatic heterocycles. The van der Waals surface area contributed by atoms with Crippen LogP contribution in [-0.4, -0.2) is 28.5 Å². The molecule has 4 atom stereocenters. The van der Waals surface area contributed by atoms with Crippen LogP contribution in [-0.2, 0) is 4.74 Å². The molecule has 0 spiro atoms. The molecule has 1 saturated heterocycles. The maximum Gasteiger partial charge on any atom is 0.206 e. The van der Waals surface area contributed by atoms with E-state index in [4.69, 9.17) is 9.73 Å². The Morgan fingerprint density at radius 3 is 2.16 bits per heavy atom. The van der Waals surface area contributed by atoms with Gasteiger partial charge in [-0.3, -0.25) is 4.90 Å². The summed E-state index contributed by atoms with van der Waals surface area (Å²) in [6.45, 7) is 9.47. The van der Waals surface area contributed by atoms with Gasteiger partial charge in [-0.05, 0) is 38.8 Å². The van der Waals surface area contributed by atoms with Crippen LogP contribution in [0.15, 0.2) is 65.7 Å². The van der Waals surface area contributed by atoms with Crippen LogP contribution in [0.1, 0.15) is 50.9 Å². The highest BCUT2D eigenvalue weighted by molar-refractivity contribution is 5.92. The minimum Gasteiger partial charge on any atom is -0.477 e. The molecule has 0 amide bonds. The van der Waals surface area contributed by atoms with E-state index in [2.05, 4.69) is 93.3 Å². The second kappa shape index (κ2) is 5.70. The topological polar surface area (TPSA) is 24.6 Å². The Hall–Kier alpha value is -2.13. The smallest absolute Gasteiger partial charge is 0.206 e. The van der Waals surface area contributed by atoms with E-state index in [1.165, 1.54) is 11.1 Å². The van der Waals surface area contributed by atoms with Crippen LogP contribution in [0, 0.1) is 0 Å². The first-order valence-electron chi connectivity index (χ1n) is 9.05. The van der Waals surface area contributed by atoms with Gasteiger partial charge in [-0.15, -0.1) is 0 Å². The van der Waals surface area contributed by atoms with Crippen LogP contribution in [0.25, 0.3) is 0 Å². The van der Waals surface area contributed by atoms with Gasteiger partial charge in [0.1, 0.15) is 12.1 Å². The second-order valence-electron chi connectivity index (χ2n) is 7.97. The fraction of sp³-hybridized carbons (Fsp3) is 0.409. The quantitative estimate of drug-likeness (QED) is 0.752. The molecule has 0 aliphatic carbocycles. The zero-order chi connectivity index (χ0) is 17.7. The van der Waals surface area contributed by atoms with Crippen LogP contribution in [0.3, 0.4) is 0 Å². The van der Waals surface area contributed by atoms with E-state index in [-0.39, 0.29) is 17.1 Å². The summed E-state index contributed by atoms with van der Waals surface area (Å²) in [5.74, 6) is 0.883. The molecular weight excluding hydrogens is 308 g/mol. The Morgan fingerprint density at radius 2 is 1.60 bits per heavy atom. The predicted molar refractivity (Wildman–Crippen MR) is 102 cm³/mol. The average molecular weight is 334 g/mol. The summed E-state index contributed by atoms with van der Waals surface area (Å²) < 4.78 is 6.07. The van der Waals surface area contributed by atoms with Crippen molar-refractivity contribution in [1.82, 2.24) is 4.90 Å². The number of nitrogens with zero attached hydrogens (tertiary/aromatic N) is 2. The van der Waals surface area contributed by atoms with Crippen molar-refractivity contribution in [2.24, 2.45) is 4.99 Å². The van der Waals surface area contributed by atoms with E-state index in [1.54, 1.807) is 0 Å². The zero-order valence-corrected chi connectivity index (χ0v) is 15.4. The van der Waals surface area contributed by atoms with Crippen molar-refractivity contribution in [3.8, 4) is 0 Å². The molecule has 0 saturated carbocycles. The highest BCUT2D eigenvalue weighted by Crippen LogP contribution is 2.59. The van der Waals surface area contributed by atoms with E-state index in [1.807, 2.05) is 0 Å². The molecule has 0 radical (unpaired) electrons. The molecule has 2 aromatic rings. The number of hydrogen-bond donors (Lipinski definition) is 0. The fourth-order valence-electron chi connectivity index (χ4n) is 4.12. The number of benzene rings is 2. The number of aliphatic imine (C=N–C) groups is 1. The molecule has 2 aliphatic rings. The van der Waals surface area contributed by atoms with E-state index in [9.17, 15) is 0 Å². The lowest BCUT2D eigenvalue weighted by molar-refractivity contribution is 0.259. The zero-order valence-electron chi connectivity index (χ0n) is 15.4. The van der Waals surface area contributed by atoms with Gasteiger partial charge >= 0.3 is 0 Å². The third kappa shape index (κ3) is 2.67. The van der Waals surface area contributed by atoms with Gasteiger partial charge in [-0.1, -0.05) is 60.7 Å². The summed E-state index contributed by atoms with van der Waals surface area (Å²) in [4.78, 5) is 7.43. The third-order valence-corrected chi connectivity index (χ3v) is 5.49. The van der Waals surface area contributed by atoms with Crippen LogP contribution >= 0.6 is 0 Å². The molecule has 25 heavy (non-hydrogen) atoms. The second-order valence-corrected chi connectivity index (χ2v) is 7.97. The minimum atomic E-state index is -0.190. The lowest BCUT2D eigenvalue weighted by atomic mass is 10.0. The standard InChI is InChI=1S/C22H26N2O/c1-16(17-11-7-5-8-12-17)24-19(18-13-9-6-10-14-18)22(24,4)20-23-21(2,3)15-25-20/h5-14,16,19H,15H2,1-4H3/t16-,19-,22+,24?/m0/s1. The van der Waals surface area contributed by atoms with Crippen molar-refractivity contribution in [2.45, 2.75) is 50.9 Å². The van der Waals surface area contributed by atoms with Gasteiger partial charge < -0.3 is 4.74 Å². The van der Waals surface area contributed by atoms with Gasteiger partial charge in [-0.2, -0.15) is 0 Å². The summed E-state index contributed by atoms with van der Waals surface area (Å²) in [5, 5.41) is 0. The molecule has 0 N–H and O–H groups in total. The van der Waals surface area contributed by atoms with Crippen LogP contribution in [0.5, 0.6) is 0 Å².